The van der Waals surface area contributed by atoms with Crippen molar-refractivity contribution in [1.82, 2.24) is 9.80 Å². The zero-order valence-electron chi connectivity index (χ0n) is 11.0. The molecular formula is C12H25N3O. The van der Waals surface area contributed by atoms with Gasteiger partial charge in [-0.3, -0.25) is 4.99 Å². The Balaban J connectivity index is 2.67. The summed E-state index contributed by atoms with van der Waals surface area (Å²) in [5, 5.41) is 9.51. The number of hydrogen-bond donors (Lipinski definition) is 1. The summed E-state index contributed by atoms with van der Waals surface area (Å²) in [6, 6.07) is 0. The quantitative estimate of drug-likeness (QED) is 0.578. The summed E-state index contributed by atoms with van der Waals surface area (Å²) in [6.07, 6.45) is 4.69. The van der Waals surface area contributed by atoms with Crippen LogP contribution < -0.4 is 0 Å². The van der Waals surface area contributed by atoms with Crippen LogP contribution in [-0.2, 0) is 0 Å². The largest absolute Gasteiger partial charge is 0.396 e. The highest BCUT2D eigenvalue weighted by Crippen LogP contribution is 2.37. The van der Waals surface area contributed by atoms with Gasteiger partial charge in [0.1, 0.15) is 0 Å². The lowest BCUT2D eigenvalue weighted by molar-refractivity contribution is 0.138. The molecule has 0 amide bonds. The zero-order chi connectivity index (χ0) is 12.2. The number of rotatable bonds is 3. The average Bonchev–Trinajstić information content (AvgIpc) is 2.66. The molecule has 4 nitrogen and oxygen atoms in total. The summed E-state index contributed by atoms with van der Waals surface area (Å²) in [5.74, 6) is 0.972. The van der Waals surface area contributed by atoms with Gasteiger partial charge in [-0.15, -0.1) is 0 Å². The Morgan fingerprint density at radius 3 is 2.00 bits per heavy atom. The van der Waals surface area contributed by atoms with Crippen molar-refractivity contribution in [2.24, 2.45) is 10.4 Å². The van der Waals surface area contributed by atoms with Crippen LogP contribution in [0, 0.1) is 5.41 Å². The monoisotopic (exact) mass is 227 g/mol. The van der Waals surface area contributed by atoms with Crippen LogP contribution in [0.2, 0.25) is 0 Å². The minimum Gasteiger partial charge on any atom is -0.396 e. The molecule has 1 rings (SSSR count). The Morgan fingerprint density at radius 2 is 1.62 bits per heavy atom. The fourth-order valence-corrected chi connectivity index (χ4v) is 2.41. The second-order valence-corrected chi connectivity index (χ2v) is 5.27. The molecule has 1 N–H and O–H groups in total. The topological polar surface area (TPSA) is 39.1 Å². The van der Waals surface area contributed by atoms with E-state index in [4.69, 9.17) is 0 Å². The lowest BCUT2D eigenvalue weighted by Gasteiger charge is -2.27. The SMILES string of the molecule is CN(C)C(=NCC1(CO)CCCC1)N(C)C. The van der Waals surface area contributed by atoms with E-state index in [-0.39, 0.29) is 12.0 Å². The molecule has 4 heteroatoms. The van der Waals surface area contributed by atoms with Gasteiger partial charge in [-0.05, 0) is 12.8 Å². The predicted octanol–water partition coefficient (Wildman–Crippen LogP) is 1.02. The lowest BCUT2D eigenvalue weighted by Crippen LogP contribution is -2.37. The van der Waals surface area contributed by atoms with E-state index in [1.54, 1.807) is 0 Å². The van der Waals surface area contributed by atoms with Gasteiger partial charge in [0, 0.05) is 33.6 Å². The second kappa shape index (κ2) is 5.53. The van der Waals surface area contributed by atoms with Gasteiger partial charge in [-0.2, -0.15) is 0 Å². The Kier molecular flexibility index (Phi) is 4.59. The average molecular weight is 227 g/mol. The molecule has 0 radical (unpaired) electrons. The molecule has 16 heavy (non-hydrogen) atoms. The first-order valence-electron chi connectivity index (χ1n) is 6.01. The van der Waals surface area contributed by atoms with Crippen LogP contribution in [0.3, 0.4) is 0 Å². The molecule has 0 saturated heterocycles. The Morgan fingerprint density at radius 1 is 1.12 bits per heavy atom. The van der Waals surface area contributed by atoms with Gasteiger partial charge in [0.15, 0.2) is 5.96 Å². The number of aliphatic hydroxyl groups excluding tert-OH is 1. The fraction of sp³-hybridized carbons (Fsp3) is 0.917. The first-order valence-corrected chi connectivity index (χ1v) is 6.01. The highest BCUT2D eigenvalue weighted by Gasteiger charge is 2.33. The van der Waals surface area contributed by atoms with Gasteiger partial charge >= 0.3 is 0 Å². The van der Waals surface area contributed by atoms with Crippen molar-refractivity contribution in [3.8, 4) is 0 Å². The summed E-state index contributed by atoms with van der Waals surface area (Å²) >= 11 is 0. The number of aliphatic imine (C=N–C) groups is 1. The minimum atomic E-state index is 0.0528. The maximum absolute atomic E-state index is 9.51. The molecule has 0 aromatic carbocycles. The van der Waals surface area contributed by atoms with Gasteiger partial charge in [0.25, 0.3) is 0 Å². The van der Waals surface area contributed by atoms with Gasteiger partial charge < -0.3 is 14.9 Å². The zero-order valence-corrected chi connectivity index (χ0v) is 11.0. The number of guanidine groups is 1. The van der Waals surface area contributed by atoms with Crippen LogP contribution in [0.25, 0.3) is 0 Å². The van der Waals surface area contributed by atoms with E-state index in [9.17, 15) is 5.11 Å². The van der Waals surface area contributed by atoms with Crippen molar-refractivity contribution in [2.45, 2.75) is 25.7 Å². The molecule has 94 valence electrons. The third-order valence-corrected chi connectivity index (χ3v) is 3.36. The third-order valence-electron chi connectivity index (χ3n) is 3.36. The summed E-state index contributed by atoms with van der Waals surface area (Å²) < 4.78 is 0. The van der Waals surface area contributed by atoms with E-state index in [2.05, 4.69) is 4.99 Å². The van der Waals surface area contributed by atoms with Gasteiger partial charge in [-0.1, -0.05) is 12.8 Å². The van der Waals surface area contributed by atoms with Crippen LogP contribution in [0.4, 0.5) is 0 Å². The molecule has 0 aromatic rings. The molecule has 0 heterocycles. The summed E-state index contributed by atoms with van der Waals surface area (Å²) in [4.78, 5) is 8.68. The summed E-state index contributed by atoms with van der Waals surface area (Å²) in [7, 11) is 8.00. The fourth-order valence-electron chi connectivity index (χ4n) is 2.41. The maximum Gasteiger partial charge on any atom is 0.195 e. The first kappa shape index (κ1) is 13.3. The number of nitrogens with zero attached hydrogens (tertiary/aromatic N) is 3. The molecule has 0 aromatic heterocycles. The van der Waals surface area contributed by atoms with Crippen LogP contribution in [-0.4, -0.2) is 62.2 Å². The van der Waals surface area contributed by atoms with E-state index < -0.39 is 0 Å². The van der Waals surface area contributed by atoms with Gasteiger partial charge in [0.05, 0.1) is 13.2 Å². The van der Waals surface area contributed by atoms with Crippen LogP contribution in [0.1, 0.15) is 25.7 Å². The Labute approximate surface area is 99.0 Å². The molecule has 0 spiro atoms. The van der Waals surface area contributed by atoms with E-state index in [0.717, 1.165) is 25.3 Å². The normalized spacial score (nSPS) is 18.3. The lowest BCUT2D eigenvalue weighted by atomic mass is 9.87. The molecule has 0 aliphatic heterocycles. The van der Waals surface area contributed by atoms with Crippen LogP contribution in [0.5, 0.6) is 0 Å². The van der Waals surface area contributed by atoms with Crippen molar-refractivity contribution in [2.75, 3.05) is 41.3 Å². The molecule has 0 unspecified atom stereocenters. The smallest absolute Gasteiger partial charge is 0.195 e. The molecule has 1 aliphatic rings. The van der Waals surface area contributed by atoms with Gasteiger partial charge in [0.2, 0.25) is 0 Å². The van der Waals surface area contributed by atoms with E-state index in [1.807, 2.05) is 38.0 Å². The molecular weight excluding hydrogens is 202 g/mol. The Hall–Kier alpha value is -0.770. The highest BCUT2D eigenvalue weighted by molar-refractivity contribution is 5.79. The minimum absolute atomic E-state index is 0.0528. The van der Waals surface area contributed by atoms with Crippen molar-refractivity contribution in [3.63, 3.8) is 0 Å². The van der Waals surface area contributed by atoms with Crippen LogP contribution >= 0.6 is 0 Å². The molecule has 1 fully saturated rings. The molecule has 1 aliphatic carbocycles. The van der Waals surface area contributed by atoms with Crippen molar-refractivity contribution >= 4 is 5.96 Å². The summed E-state index contributed by atoms with van der Waals surface area (Å²) in [6.45, 7) is 1.01. The number of hydrogen-bond acceptors (Lipinski definition) is 2. The van der Waals surface area contributed by atoms with E-state index in [0.29, 0.717) is 0 Å². The van der Waals surface area contributed by atoms with Crippen molar-refractivity contribution in [1.29, 1.82) is 0 Å². The van der Waals surface area contributed by atoms with Crippen molar-refractivity contribution in [3.05, 3.63) is 0 Å². The van der Waals surface area contributed by atoms with Crippen molar-refractivity contribution < 1.29 is 5.11 Å². The third kappa shape index (κ3) is 3.11. The van der Waals surface area contributed by atoms with E-state index >= 15 is 0 Å². The van der Waals surface area contributed by atoms with Crippen LogP contribution in [0.15, 0.2) is 4.99 Å². The predicted molar refractivity (Wildman–Crippen MR) is 67.7 cm³/mol. The number of aliphatic hydroxyl groups is 1. The maximum atomic E-state index is 9.51. The first-order chi connectivity index (χ1) is 7.51. The molecule has 0 bridgehead atoms. The van der Waals surface area contributed by atoms with E-state index in [1.165, 1.54) is 12.8 Å². The second-order valence-electron chi connectivity index (χ2n) is 5.27. The summed E-state index contributed by atoms with van der Waals surface area (Å²) in [5.41, 5.74) is 0.0528. The molecule has 0 atom stereocenters. The Bertz CT molecular complexity index is 233. The molecule has 1 saturated carbocycles. The van der Waals surface area contributed by atoms with Gasteiger partial charge in [-0.25, -0.2) is 0 Å². The highest BCUT2D eigenvalue weighted by atomic mass is 16.3. The standard InChI is InChI=1S/C12H25N3O/c1-14(2)11(15(3)4)13-9-12(10-16)7-5-6-8-12/h16H,5-10H2,1-4H3.